The van der Waals surface area contributed by atoms with Crippen molar-refractivity contribution in [3.05, 3.63) is 5.75 Å². The Morgan fingerprint density at radius 3 is 3.43 bits per heavy atom. The van der Waals surface area contributed by atoms with Crippen LogP contribution in [0.1, 0.15) is 12.8 Å². The fraction of sp³-hybridized carbons (Fsp3) is 0.800. The second-order valence-corrected chi connectivity index (χ2v) is 3.93. The highest BCUT2D eigenvalue weighted by atomic mass is 32.2. The summed E-state index contributed by atoms with van der Waals surface area (Å²) in [6.07, 6.45) is 2.70. The van der Waals surface area contributed by atoms with Gasteiger partial charge in [-0.15, -0.1) is 11.8 Å². The summed E-state index contributed by atoms with van der Waals surface area (Å²) in [7, 11) is 0. The Balaban J connectivity index is 2.04. The predicted octanol–water partition coefficient (Wildman–Crippen LogP) is 2.37. The van der Waals surface area contributed by atoms with E-state index < -0.39 is 0 Å². The molecule has 0 spiro atoms. The van der Waals surface area contributed by atoms with Gasteiger partial charge in [0.1, 0.15) is 0 Å². The smallest absolute Gasteiger partial charge is 0.0395 e. The molecule has 0 amide bonds. The zero-order chi connectivity index (χ0) is 4.95. The van der Waals surface area contributed by atoms with Crippen LogP contribution in [0.15, 0.2) is 0 Å². The van der Waals surface area contributed by atoms with E-state index in [2.05, 4.69) is 5.75 Å². The van der Waals surface area contributed by atoms with E-state index in [4.69, 9.17) is 0 Å². The van der Waals surface area contributed by atoms with Gasteiger partial charge in [-0.25, -0.2) is 0 Å². The van der Waals surface area contributed by atoms with E-state index in [9.17, 15) is 0 Å². The minimum Gasteiger partial charge on any atom is -0.151 e. The van der Waals surface area contributed by atoms with Crippen molar-refractivity contribution >= 4 is 23.5 Å². The molecule has 2 heteroatoms. The Morgan fingerprint density at radius 1 is 1.43 bits per heavy atom. The molecule has 1 aliphatic heterocycles. The van der Waals surface area contributed by atoms with E-state index >= 15 is 0 Å². The molecule has 1 fully saturated rings. The fourth-order valence-corrected chi connectivity index (χ4v) is 2.45. The highest BCUT2D eigenvalue weighted by molar-refractivity contribution is 8.17. The molecule has 0 unspecified atom stereocenters. The van der Waals surface area contributed by atoms with Gasteiger partial charge in [0, 0.05) is 10.8 Å². The van der Waals surface area contributed by atoms with Crippen molar-refractivity contribution in [1.82, 2.24) is 0 Å². The Kier molecular flexibility index (Phi) is 3.06. The normalized spacial score (nSPS) is 24.0. The van der Waals surface area contributed by atoms with Crippen LogP contribution in [0, 0.1) is 5.75 Å². The van der Waals surface area contributed by atoms with Crippen LogP contribution in [-0.4, -0.2) is 10.8 Å². The van der Waals surface area contributed by atoms with E-state index in [1.54, 1.807) is 0 Å². The SMILES string of the molecule is [CH]1CCCSCS1. The van der Waals surface area contributed by atoms with Gasteiger partial charge in [0.05, 0.1) is 0 Å². The fourth-order valence-electron chi connectivity index (χ4n) is 0.507. The van der Waals surface area contributed by atoms with Gasteiger partial charge in [-0.05, 0) is 18.6 Å². The van der Waals surface area contributed by atoms with E-state index in [-0.39, 0.29) is 0 Å². The number of hydrogen-bond acceptors (Lipinski definition) is 2. The Labute approximate surface area is 53.4 Å². The molecule has 0 saturated carbocycles. The van der Waals surface area contributed by atoms with Crippen molar-refractivity contribution in [2.24, 2.45) is 0 Å². The third kappa shape index (κ3) is 2.50. The van der Waals surface area contributed by atoms with Gasteiger partial charge in [0.25, 0.3) is 0 Å². The largest absolute Gasteiger partial charge is 0.151 e. The van der Waals surface area contributed by atoms with Gasteiger partial charge in [-0.1, -0.05) is 0 Å². The second kappa shape index (κ2) is 3.67. The summed E-state index contributed by atoms with van der Waals surface area (Å²) in [5.41, 5.74) is 0. The summed E-state index contributed by atoms with van der Waals surface area (Å²) in [4.78, 5) is 0. The molecule has 0 aromatic rings. The molecule has 0 aromatic heterocycles. The summed E-state index contributed by atoms with van der Waals surface area (Å²) >= 11 is 4.00. The third-order valence-electron chi connectivity index (χ3n) is 0.880. The first-order valence-corrected chi connectivity index (χ1v) is 4.71. The van der Waals surface area contributed by atoms with Crippen LogP contribution >= 0.6 is 23.5 Å². The quantitative estimate of drug-likeness (QED) is 0.497. The van der Waals surface area contributed by atoms with Crippen LogP contribution in [0.3, 0.4) is 0 Å². The van der Waals surface area contributed by atoms with Crippen molar-refractivity contribution in [2.75, 3.05) is 10.8 Å². The zero-order valence-corrected chi connectivity index (χ0v) is 5.86. The molecular formula is C5H9S2. The number of thioether (sulfide) groups is 2. The molecule has 0 atom stereocenters. The molecule has 41 valence electrons. The molecule has 1 aliphatic rings. The predicted molar refractivity (Wildman–Crippen MR) is 38.5 cm³/mol. The Morgan fingerprint density at radius 2 is 2.43 bits per heavy atom. The zero-order valence-electron chi connectivity index (χ0n) is 4.22. The highest BCUT2D eigenvalue weighted by Crippen LogP contribution is 2.22. The van der Waals surface area contributed by atoms with Crippen molar-refractivity contribution < 1.29 is 0 Å². The van der Waals surface area contributed by atoms with Crippen LogP contribution in [-0.2, 0) is 0 Å². The molecule has 0 nitrogen and oxygen atoms in total. The Hall–Kier alpha value is 0.700. The van der Waals surface area contributed by atoms with E-state index in [1.165, 1.54) is 23.7 Å². The van der Waals surface area contributed by atoms with E-state index in [0.29, 0.717) is 0 Å². The molecule has 0 bridgehead atoms. The van der Waals surface area contributed by atoms with E-state index in [1.807, 2.05) is 23.5 Å². The van der Waals surface area contributed by atoms with Gasteiger partial charge < -0.3 is 0 Å². The molecule has 0 aliphatic carbocycles. The van der Waals surface area contributed by atoms with Gasteiger partial charge >= 0.3 is 0 Å². The molecule has 0 N–H and O–H groups in total. The van der Waals surface area contributed by atoms with Gasteiger partial charge in [-0.2, -0.15) is 11.8 Å². The molecule has 7 heavy (non-hydrogen) atoms. The molecule has 1 rings (SSSR count). The lowest BCUT2D eigenvalue weighted by molar-refractivity contribution is 0.962. The maximum atomic E-state index is 2.32. The van der Waals surface area contributed by atoms with Crippen LogP contribution in [0.25, 0.3) is 0 Å². The lowest BCUT2D eigenvalue weighted by atomic mass is 10.4. The van der Waals surface area contributed by atoms with Crippen LogP contribution in [0.5, 0.6) is 0 Å². The van der Waals surface area contributed by atoms with Crippen molar-refractivity contribution in [3.63, 3.8) is 0 Å². The first-order valence-electron chi connectivity index (χ1n) is 2.51. The third-order valence-corrected chi connectivity index (χ3v) is 3.14. The lowest BCUT2D eigenvalue weighted by Crippen LogP contribution is -1.71. The maximum absolute atomic E-state index is 2.32. The number of hydrogen-bond donors (Lipinski definition) is 0. The minimum atomic E-state index is 1.28. The summed E-state index contributed by atoms with van der Waals surface area (Å²) < 4.78 is 0. The summed E-state index contributed by atoms with van der Waals surface area (Å²) in [5, 5.41) is 1.28. The standard InChI is InChI=1S/C5H9S2/c1-2-4-7-5-6-3-1/h3H,1-2,4-5H2. The average molecular weight is 133 g/mol. The topological polar surface area (TPSA) is 0 Å². The minimum absolute atomic E-state index is 1.28. The van der Waals surface area contributed by atoms with Crippen LogP contribution in [0.4, 0.5) is 0 Å². The van der Waals surface area contributed by atoms with Crippen molar-refractivity contribution in [2.45, 2.75) is 12.8 Å². The molecular weight excluding hydrogens is 124 g/mol. The van der Waals surface area contributed by atoms with Crippen LogP contribution in [0.2, 0.25) is 0 Å². The Bertz CT molecular complexity index is 25.7. The maximum Gasteiger partial charge on any atom is 0.0395 e. The molecule has 0 aromatic carbocycles. The van der Waals surface area contributed by atoms with Gasteiger partial charge in [-0.3, -0.25) is 0 Å². The molecule has 1 saturated heterocycles. The molecule has 1 radical (unpaired) electrons. The van der Waals surface area contributed by atoms with Crippen LogP contribution < -0.4 is 0 Å². The number of rotatable bonds is 0. The van der Waals surface area contributed by atoms with Gasteiger partial charge in [0.2, 0.25) is 0 Å². The summed E-state index contributed by atoms with van der Waals surface area (Å²) in [6, 6.07) is 0. The highest BCUT2D eigenvalue weighted by Gasteiger charge is 1.96. The van der Waals surface area contributed by atoms with Gasteiger partial charge in [0.15, 0.2) is 0 Å². The summed E-state index contributed by atoms with van der Waals surface area (Å²) in [6.45, 7) is 0. The summed E-state index contributed by atoms with van der Waals surface area (Å²) in [5.74, 6) is 3.68. The second-order valence-electron chi connectivity index (χ2n) is 1.50. The average Bonchev–Trinajstić information content (AvgIpc) is 1.90. The van der Waals surface area contributed by atoms with Crippen molar-refractivity contribution in [1.29, 1.82) is 0 Å². The molecule has 1 heterocycles. The first kappa shape index (κ1) is 5.83. The van der Waals surface area contributed by atoms with Crippen molar-refractivity contribution in [3.8, 4) is 0 Å². The monoisotopic (exact) mass is 133 g/mol. The lowest BCUT2D eigenvalue weighted by Gasteiger charge is -1.86. The first-order chi connectivity index (χ1) is 3.50. The van der Waals surface area contributed by atoms with E-state index in [0.717, 1.165) is 0 Å².